The number of carbonyl (C=O) groups is 1. The molecule has 144 valence electrons. The Balaban J connectivity index is 1.63. The molecule has 3 aromatic rings. The molecule has 6 nitrogen and oxygen atoms in total. The molecule has 0 spiro atoms. The lowest BCUT2D eigenvalue weighted by atomic mass is 10.1. The van der Waals surface area contributed by atoms with Crippen molar-refractivity contribution in [2.24, 2.45) is 0 Å². The minimum atomic E-state index is -2.69. The third kappa shape index (κ3) is 3.21. The molecule has 0 aliphatic carbocycles. The second-order valence-electron chi connectivity index (χ2n) is 6.93. The number of nitrogen functional groups attached to an aromatic ring is 1. The van der Waals surface area contributed by atoms with Gasteiger partial charge in [-0.25, -0.2) is 13.8 Å². The van der Waals surface area contributed by atoms with Crippen LogP contribution in [0.1, 0.15) is 28.8 Å². The number of carbonyl (C=O) groups excluding carboxylic acids is 1. The van der Waals surface area contributed by atoms with Gasteiger partial charge in [0.2, 0.25) is 0 Å². The molecule has 2 aromatic heterocycles. The van der Waals surface area contributed by atoms with Crippen molar-refractivity contribution in [3.8, 4) is 5.69 Å². The first-order valence-electron chi connectivity index (χ1n) is 8.92. The van der Waals surface area contributed by atoms with Crippen LogP contribution in [-0.4, -0.2) is 45.6 Å². The highest BCUT2D eigenvalue weighted by Gasteiger charge is 2.35. The fraction of sp³-hybridized carbons (Fsp3) is 0.250. The van der Waals surface area contributed by atoms with Gasteiger partial charge in [0.05, 0.1) is 5.56 Å². The standard InChI is InChI=1S/C20H19F2N5O/c21-20(22)4-7-26(8-5-20)19(28)15-9-13-3-6-27(18(13)25-12-15)16-1-2-17(24)14(10-16)11-23/h1-3,6,9-12,23H,4-5,7-8,24H2. The van der Waals surface area contributed by atoms with Crippen LogP contribution in [0.3, 0.4) is 0 Å². The van der Waals surface area contributed by atoms with Crippen molar-refractivity contribution < 1.29 is 13.6 Å². The van der Waals surface area contributed by atoms with Gasteiger partial charge in [-0.1, -0.05) is 0 Å². The molecular weight excluding hydrogens is 364 g/mol. The van der Waals surface area contributed by atoms with Gasteiger partial charge >= 0.3 is 0 Å². The highest BCUT2D eigenvalue weighted by molar-refractivity contribution is 5.97. The molecule has 1 amide bonds. The summed E-state index contributed by atoms with van der Waals surface area (Å²) in [5, 5.41) is 8.21. The largest absolute Gasteiger partial charge is 0.398 e. The summed E-state index contributed by atoms with van der Waals surface area (Å²) in [4.78, 5) is 18.5. The van der Waals surface area contributed by atoms with Gasteiger partial charge in [0.25, 0.3) is 11.8 Å². The molecule has 1 aliphatic rings. The number of aromatic nitrogens is 2. The fourth-order valence-corrected chi connectivity index (χ4v) is 3.41. The second kappa shape index (κ2) is 6.70. The van der Waals surface area contributed by atoms with Crippen molar-refractivity contribution in [3.63, 3.8) is 0 Å². The Labute approximate surface area is 160 Å². The molecule has 28 heavy (non-hydrogen) atoms. The number of pyridine rings is 1. The van der Waals surface area contributed by atoms with E-state index in [0.29, 0.717) is 22.5 Å². The quantitative estimate of drug-likeness (QED) is 0.536. The van der Waals surface area contributed by atoms with E-state index in [-0.39, 0.29) is 31.8 Å². The van der Waals surface area contributed by atoms with Crippen LogP contribution >= 0.6 is 0 Å². The number of piperidine rings is 1. The molecule has 0 radical (unpaired) electrons. The molecule has 1 aromatic carbocycles. The molecule has 0 atom stereocenters. The molecule has 1 fully saturated rings. The van der Waals surface area contributed by atoms with E-state index in [1.165, 1.54) is 17.3 Å². The van der Waals surface area contributed by atoms with Gasteiger partial charge in [-0.2, -0.15) is 0 Å². The molecule has 0 bridgehead atoms. The van der Waals surface area contributed by atoms with Crippen molar-refractivity contribution in [2.75, 3.05) is 18.8 Å². The summed E-state index contributed by atoms with van der Waals surface area (Å²) in [7, 11) is 0. The van der Waals surface area contributed by atoms with Crippen LogP contribution in [0.4, 0.5) is 14.5 Å². The van der Waals surface area contributed by atoms with Gasteiger partial charge in [0, 0.05) is 66.9 Å². The number of likely N-dealkylation sites (tertiary alicyclic amines) is 1. The average molecular weight is 383 g/mol. The molecule has 3 heterocycles. The van der Waals surface area contributed by atoms with E-state index in [9.17, 15) is 13.6 Å². The summed E-state index contributed by atoms with van der Waals surface area (Å²) in [5.74, 6) is -2.97. The minimum Gasteiger partial charge on any atom is -0.398 e. The van der Waals surface area contributed by atoms with Crippen molar-refractivity contribution in [1.82, 2.24) is 14.5 Å². The lowest BCUT2D eigenvalue weighted by Crippen LogP contribution is -2.42. The van der Waals surface area contributed by atoms with Gasteiger partial charge in [-0.05, 0) is 30.3 Å². The first kappa shape index (κ1) is 18.1. The van der Waals surface area contributed by atoms with Crippen molar-refractivity contribution in [2.45, 2.75) is 18.8 Å². The van der Waals surface area contributed by atoms with Crippen molar-refractivity contribution in [1.29, 1.82) is 5.41 Å². The Morgan fingerprint density at radius 3 is 2.68 bits per heavy atom. The summed E-state index contributed by atoms with van der Waals surface area (Å²) in [6.45, 7) is 0.0887. The second-order valence-corrected chi connectivity index (χ2v) is 6.93. The number of hydrogen-bond donors (Lipinski definition) is 2. The highest BCUT2D eigenvalue weighted by atomic mass is 19.3. The zero-order valence-corrected chi connectivity index (χ0v) is 15.0. The maximum atomic E-state index is 13.3. The fourth-order valence-electron chi connectivity index (χ4n) is 3.41. The number of halogens is 2. The van der Waals surface area contributed by atoms with E-state index < -0.39 is 5.92 Å². The van der Waals surface area contributed by atoms with Crippen LogP contribution in [0.2, 0.25) is 0 Å². The number of anilines is 1. The summed E-state index contributed by atoms with van der Waals surface area (Å²) in [5.41, 5.74) is 8.80. The van der Waals surface area contributed by atoms with Crippen LogP contribution in [0.15, 0.2) is 42.7 Å². The number of nitrogens with zero attached hydrogens (tertiary/aromatic N) is 3. The summed E-state index contributed by atoms with van der Waals surface area (Å²) >= 11 is 0. The van der Waals surface area contributed by atoms with Gasteiger partial charge in [0.15, 0.2) is 0 Å². The Kier molecular flexibility index (Phi) is 4.33. The van der Waals surface area contributed by atoms with Gasteiger partial charge < -0.3 is 20.6 Å². The third-order valence-corrected chi connectivity index (χ3v) is 5.06. The smallest absolute Gasteiger partial charge is 0.255 e. The van der Waals surface area contributed by atoms with Crippen LogP contribution in [0.25, 0.3) is 16.7 Å². The number of benzene rings is 1. The molecule has 3 N–H and O–H groups in total. The maximum absolute atomic E-state index is 13.3. The Morgan fingerprint density at radius 2 is 1.96 bits per heavy atom. The Bertz CT molecular complexity index is 1070. The number of nitrogens with one attached hydrogen (secondary N) is 1. The molecule has 8 heteroatoms. The van der Waals surface area contributed by atoms with Gasteiger partial charge in [-0.15, -0.1) is 0 Å². The number of alkyl halides is 2. The summed E-state index contributed by atoms with van der Waals surface area (Å²) in [6.07, 6.45) is 3.88. The maximum Gasteiger partial charge on any atom is 0.255 e. The number of nitrogens with two attached hydrogens (primary N) is 1. The molecule has 1 aliphatic heterocycles. The summed E-state index contributed by atoms with van der Waals surface area (Å²) in [6, 6.07) is 8.91. The molecule has 0 saturated carbocycles. The van der Waals surface area contributed by atoms with E-state index in [2.05, 4.69) is 4.98 Å². The Morgan fingerprint density at radius 1 is 1.21 bits per heavy atom. The van der Waals surface area contributed by atoms with Crippen LogP contribution in [0, 0.1) is 5.41 Å². The molecule has 1 saturated heterocycles. The normalized spacial score (nSPS) is 16.3. The van der Waals surface area contributed by atoms with E-state index in [0.717, 1.165) is 11.1 Å². The molecule has 0 unspecified atom stereocenters. The van der Waals surface area contributed by atoms with E-state index in [1.54, 1.807) is 18.2 Å². The number of hydrogen-bond acceptors (Lipinski definition) is 4. The predicted molar refractivity (Wildman–Crippen MR) is 103 cm³/mol. The van der Waals surface area contributed by atoms with E-state index in [4.69, 9.17) is 11.1 Å². The number of amides is 1. The van der Waals surface area contributed by atoms with Crippen molar-refractivity contribution >= 4 is 28.8 Å². The van der Waals surface area contributed by atoms with Crippen LogP contribution < -0.4 is 5.73 Å². The average Bonchev–Trinajstić information content (AvgIpc) is 3.11. The zero-order valence-electron chi connectivity index (χ0n) is 15.0. The first-order valence-corrected chi connectivity index (χ1v) is 8.92. The predicted octanol–water partition coefficient (Wildman–Crippen LogP) is 3.48. The lowest BCUT2D eigenvalue weighted by Gasteiger charge is -2.31. The minimum absolute atomic E-state index is 0.0444. The number of fused-ring (bicyclic) bond motifs is 1. The van der Waals surface area contributed by atoms with E-state index >= 15 is 0 Å². The molecule has 4 rings (SSSR count). The van der Waals surface area contributed by atoms with Crippen molar-refractivity contribution in [3.05, 3.63) is 53.9 Å². The summed E-state index contributed by atoms with van der Waals surface area (Å²) < 4.78 is 28.5. The first-order chi connectivity index (χ1) is 13.4. The van der Waals surface area contributed by atoms with E-state index in [1.807, 2.05) is 22.9 Å². The third-order valence-electron chi connectivity index (χ3n) is 5.06. The van der Waals surface area contributed by atoms with Gasteiger partial charge in [-0.3, -0.25) is 4.79 Å². The van der Waals surface area contributed by atoms with Gasteiger partial charge in [0.1, 0.15) is 5.65 Å². The Hall–Kier alpha value is -3.29. The SMILES string of the molecule is N=Cc1cc(-n2ccc3cc(C(=O)N4CCC(F)(F)CC4)cnc32)ccc1N. The lowest BCUT2D eigenvalue weighted by molar-refractivity contribution is -0.0494. The topological polar surface area (TPSA) is 88.0 Å². The van der Waals surface area contributed by atoms with Crippen LogP contribution in [-0.2, 0) is 0 Å². The zero-order chi connectivity index (χ0) is 19.9. The van der Waals surface area contributed by atoms with Crippen LogP contribution in [0.5, 0.6) is 0 Å². The monoisotopic (exact) mass is 383 g/mol. The highest BCUT2D eigenvalue weighted by Crippen LogP contribution is 2.29. The molecular formula is C20H19F2N5O. The number of rotatable bonds is 3.